The van der Waals surface area contributed by atoms with E-state index < -0.39 is 0 Å². The van der Waals surface area contributed by atoms with Gasteiger partial charge < -0.3 is 4.74 Å². The molecule has 1 aliphatic rings. The fourth-order valence-corrected chi connectivity index (χ4v) is 3.34. The van der Waals surface area contributed by atoms with Gasteiger partial charge in [-0.2, -0.15) is 0 Å². The van der Waals surface area contributed by atoms with Crippen molar-refractivity contribution in [2.75, 3.05) is 13.2 Å². The van der Waals surface area contributed by atoms with E-state index in [1.54, 1.807) is 0 Å². The van der Waals surface area contributed by atoms with Gasteiger partial charge in [0, 0.05) is 13.2 Å². The second-order valence-corrected chi connectivity index (χ2v) is 6.69. The molecule has 0 bridgehead atoms. The summed E-state index contributed by atoms with van der Waals surface area (Å²) in [5.74, 6) is 0. The molecule has 0 aromatic rings. The van der Waals surface area contributed by atoms with Crippen LogP contribution in [0, 0.1) is 16.2 Å². The van der Waals surface area contributed by atoms with Crippen LogP contribution in [0.15, 0.2) is 0 Å². The Morgan fingerprint density at radius 1 is 0.786 bits per heavy atom. The van der Waals surface area contributed by atoms with Crippen LogP contribution in [-0.4, -0.2) is 13.2 Å². The van der Waals surface area contributed by atoms with E-state index in [9.17, 15) is 0 Å². The molecule has 0 atom stereocenters. The zero-order valence-corrected chi connectivity index (χ0v) is 10.7. The first kappa shape index (κ1) is 12.0. The van der Waals surface area contributed by atoms with Crippen molar-refractivity contribution < 1.29 is 4.74 Å². The van der Waals surface area contributed by atoms with Crippen molar-refractivity contribution in [3.8, 4) is 0 Å². The number of hydrogen-bond donors (Lipinski definition) is 0. The summed E-state index contributed by atoms with van der Waals surface area (Å²) in [6.45, 7) is 16.1. The molecule has 1 heteroatoms. The predicted octanol–water partition coefficient (Wildman–Crippen LogP) is 3.88. The van der Waals surface area contributed by atoms with Crippen LogP contribution in [-0.2, 0) is 4.74 Å². The van der Waals surface area contributed by atoms with E-state index >= 15 is 0 Å². The summed E-state index contributed by atoms with van der Waals surface area (Å²) < 4.78 is 5.52. The smallest absolute Gasteiger partial charge is 0.0471 e. The maximum absolute atomic E-state index is 5.52. The fourth-order valence-electron chi connectivity index (χ4n) is 3.34. The molecule has 14 heavy (non-hydrogen) atoms. The first-order valence-corrected chi connectivity index (χ1v) is 5.78. The predicted molar refractivity (Wildman–Crippen MR) is 61.4 cm³/mol. The first-order chi connectivity index (χ1) is 6.21. The van der Waals surface area contributed by atoms with Gasteiger partial charge in [-0.15, -0.1) is 0 Å². The average molecular weight is 198 g/mol. The van der Waals surface area contributed by atoms with Crippen LogP contribution in [0.4, 0.5) is 0 Å². The van der Waals surface area contributed by atoms with Gasteiger partial charge in [-0.05, 0) is 29.1 Å². The normalized spacial score (nSPS) is 23.6. The minimum absolute atomic E-state index is 0.370. The van der Waals surface area contributed by atoms with Crippen LogP contribution < -0.4 is 0 Å². The van der Waals surface area contributed by atoms with Crippen molar-refractivity contribution in [3.05, 3.63) is 0 Å². The summed E-state index contributed by atoms with van der Waals surface area (Å²) in [4.78, 5) is 0. The van der Waals surface area contributed by atoms with E-state index in [2.05, 4.69) is 41.5 Å². The minimum Gasteiger partial charge on any atom is -0.381 e. The number of ether oxygens (including phenoxy) is 1. The molecule has 0 N–H and O–H groups in total. The third-order valence-electron chi connectivity index (χ3n) is 4.22. The molecular formula is C13H26O. The van der Waals surface area contributed by atoms with Crippen molar-refractivity contribution in [1.29, 1.82) is 0 Å². The highest BCUT2D eigenvalue weighted by Crippen LogP contribution is 2.57. The Labute approximate surface area is 89.2 Å². The molecular weight excluding hydrogens is 172 g/mol. The Bertz CT molecular complexity index is 170. The summed E-state index contributed by atoms with van der Waals surface area (Å²) in [5, 5.41) is 0. The lowest BCUT2D eigenvalue weighted by Gasteiger charge is -2.56. The summed E-state index contributed by atoms with van der Waals surface area (Å²) in [5.41, 5.74) is 1.17. The van der Waals surface area contributed by atoms with Crippen LogP contribution in [0.1, 0.15) is 54.4 Å². The van der Waals surface area contributed by atoms with E-state index in [0.29, 0.717) is 16.2 Å². The molecule has 1 aliphatic heterocycles. The molecule has 0 unspecified atom stereocenters. The topological polar surface area (TPSA) is 9.23 Å². The lowest BCUT2D eigenvalue weighted by molar-refractivity contribution is -0.113. The lowest BCUT2D eigenvalue weighted by Crippen LogP contribution is -2.49. The van der Waals surface area contributed by atoms with Crippen LogP contribution in [0.25, 0.3) is 0 Å². The maximum atomic E-state index is 5.52. The van der Waals surface area contributed by atoms with E-state index in [-0.39, 0.29) is 0 Å². The van der Waals surface area contributed by atoms with Crippen LogP contribution >= 0.6 is 0 Å². The van der Waals surface area contributed by atoms with E-state index in [4.69, 9.17) is 4.74 Å². The molecule has 1 fully saturated rings. The van der Waals surface area contributed by atoms with Gasteiger partial charge in [-0.25, -0.2) is 0 Å². The minimum atomic E-state index is 0.370. The molecule has 0 aromatic heterocycles. The highest BCUT2D eigenvalue weighted by Gasteiger charge is 2.50. The third kappa shape index (κ3) is 1.84. The van der Waals surface area contributed by atoms with Crippen LogP contribution in [0.5, 0.6) is 0 Å². The van der Waals surface area contributed by atoms with Gasteiger partial charge in [0.1, 0.15) is 0 Å². The molecule has 84 valence electrons. The monoisotopic (exact) mass is 198 g/mol. The summed E-state index contributed by atoms with van der Waals surface area (Å²) in [6.07, 6.45) is 2.42. The molecule has 0 saturated carbocycles. The van der Waals surface area contributed by atoms with Crippen molar-refractivity contribution in [2.45, 2.75) is 54.4 Å². The molecule has 0 spiro atoms. The SMILES string of the molecule is CC(C)(C)C1(C(C)(C)C)CCOCC1. The highest BCUT2D eigenvalue weighted by atomic mass is 16.5. The van der Waals surface area contributed by atoms with Gasteiger partial charge in [0.05, 0.1) is 0 Å². The maximum Gasteiger partial charge on any atom is 0.0471 e. The second kappa shape index (κ2) is 3.52. The lowest BCUT2D eigenvalue weighted by atomic mass is 9.51. The van der Waals surface area contributed by atoms with Gasteiger partial charge in [-0.1, -0.05) is 41.5 Å². The standard InChI is InChI=1S/C13H26O/c1-11(2,3)13(12(4,5)6)7-9-14-10-8-13/h7-10H2,1-6H3. The summed E-state index contributed by atoms with van der Waals surface area (Å²) in [6, 6.07) is 0. The average Bonchev–Trinajstić information content (AvgIpc) is 2.02. The van der Waals surface area contributed by atoms with Crippen molar-refractivity contribution in [3.63, 3.8) is 0 Å². The van der Waals surface area contributed by atoms with Gasteiger partial charge in [0.2, 0.25) is 0 Å². The second-order valence-electron chi connectivity index (χ2n) is 6.69. The Kier molecular flexibility index (Phi) is 3.02. The van der Waals surface area contributed by atoms with E-state index in [1.807, 2.05) is 0 Å². The third-order valence-corrected chi connectivity index (χ3v) is 4.22. The Morgan fingerprint density at radius 2 is 1.14 bits per heavy atom. The first-order valence-electron chi connectivity index (χ1n) is 5.78. The molecule has 0 aliphatic carbocycles. The molecule has 1 nitrogen and oxygen atoms in total. The zero-order chi connectivity index (χ0) is 11.0. The van der Waals surface area contributed by atoms with Crippen molar-refractivity contribution in [1.82, 2.24) is 0 Å². The number of hydrogen-bond acceptors (Lipinski definition) is 1. The van der Waals surface area contributed by atoms with Crippen molar-refractivity contribution >= 4 is 0 Å². The Hall–Kier alpha value is -0.0400. The summed E-state index contributed by atoms with van der Waals surface area (Å²) in [7, 11) is 0. The Balaban J connectivity index is 3.01. The van der Waals surface area contributed by atoms with E-state index in [1.165, 1.54) is 12.8 Å². The van der Waals surface area contributed by atoms with Gasteiger partial charge >= 0.3 is 0 Å². The molecule has 1 heterocycles. The zero-order valence-electron chi connectivity index (χ0n) is 10.7. The van der Waals surface area contributed by atoms with E-state index in [0.717, 1.165) is 13.2 Å². The quantitative estimate of drug-likeness (QED) is 0.574. The molecule has 0 aromatic carbocycles. The highest BCUT2D eigenvalue weighted by molar-refractivity contribution is 4.99. The summed E-state index contributed by atoms with van der Waals surface area (Å²) >= 11 is 0. The van der Waals surface area contributed by atoms with Crippen LogP contribution in [0.3, 0.4) is 0 Å². The van der Waals surface area contributed by atoms with Gasteiger partial charge in [0.15, 0.2) is 0 Å². The molecule has 0 radical (unpaired) electrons. The van der Waals surface area contributed by atoms with Gasteiger partial charge in [-0.3, -0.25) is 0 Å². The molecule has 1 rings (SSSR count). The Morgan fingerprint density at radius 3 is 1.36 bits per heavy atom. The van der Waals surface area contributed by atoms with Crippen LogP contribution in [0.2, 0.25) is 0 Å². The fraction of sp³-hybridized carbons (Fsp3) is 1.00. The molecule has 1 saturated heterocycles. The number of rotatable bonds is 0. The largest absolute Gasteiger partial charge is 0.381 e. The van der Waals surface area contributed by atoms with Gasteiger partial charge in [0.25, 0.3) is 0 Å². The molecule has 0 amide bonds. The van der Waals surface area contributed by atoms with Crippen molar-refractivity contribution in [2.24, 2.45) is 16.2 Å².